The Morgan fingerprint density at radius 2 is 1.83 bits per heavy atom. The standard InChI is InChI=1S/C18H13ClF3N5O3/c1-29-17(28)9-2-4-11(5-3-9)30-16-13(23)15(25-8-26-16)27-14-12(19)6-10(7-24-14)18(20,21)22/h2-8H,23H2,1H3,(H,24,25,26,27). The van der Waals surface area contributed by atoms with E-state index >= 15 is 0 Å². The lowest BCUT2D eigenvalue weighted by Gasteiger charge is -2.13. The Balaban J connectivity index is 1.81. The van der Waals surface area contributed by atoms with Gasteiger partial charge < -0.3 is 20.5 Å². The summed E-state index contributed by atoms with van der Waals surface area (Å²) in [6.45, 7) is 0. The van der Waals surface area contributed by atoms with Crippen LogP contribution in [0.15, 0.2) is 42.9 Å². The van der Waals surface area contributed by atoms with E-state index in [0.717, 1.165) is 12.4 Å². The minimum absolute atomic E-state index is 0.0265. The second-order valence-corrected chi connectivity index (χ2v) is 6.14. The van der Waals surface area contributed by atoms with Crippen LogP contribution in [-0.2, 0) is 10.9 Å². The Kier molecular flexibility index (Phi) is 5.92. The van der Waals surface area contributed by atoms with Crippen molar-refractivity contribution >= 4 is 34.9 Å². The molecule has 0 unspecified atom stereocenters. The summed E-state index contributed by atoms with van der Waals surface area (Å²) in [4.78, 5) is 23.0. The van der Waals surface area contributed by atoms with E-state index in [9.17, 15) is 18.0 Å². The van der Waals surface area contributed by atoms with Gasteiger partial charge in [0.2, 0.25) is 5.88 Å². The molecule has 0 amide bonds. The number of hydrogen-bond donors (Lipinski definition) is 2. The number of ether oxygens (including phenoxy) is 2. The summed E-state index contributed by atoms with van der Waals surface area (Å²) in [6, 6.07) is 6.73. The Morgan fingerprint density at radius 3 is 2.43 bits per heavy atom. The minimum atomic E-state index is -4.58. The highest BCUT2D eigenvalue weighted by Crippen LogP contribution is 2.35. The number of alkyl halides is 3. The summed E-state index contributed by atoms with van der Waals surface area (Å²) in [5.41, 5.74) is 5.29. The fourth-order valence-electron chi connectivity index (χ4n) is 2.25. The maximum atomic E-state index is 12.7. The van der Waals surface area contributed by atoms with Crippen molar-refractivity contribution in [2.75, 3.05) is 18.2 Å². The number of nitrogen functional groups attached to an aromatic ring is 1. The fourth-order valence-corrected chi connectivity index (χ4v) is 2.46. The third kappa shape index (κ3) is 4.69. The van der Waals surface area contributed by atoms with Crippen LogP contribution in [0.25, 0.3) is 0 Å². The van der Waals surface area contributed by atoms with E-state index < -0.39 is 17.7 Å². The number of rotatable bonds is 5. The highest BCUT2D eigenvalue weighted by molar-refractivity contribution is 6.33. The van der Waals surface area contributed by atoms with Gasteiger partial charge in [0.25, 0.3) is 0 Å². The van der Waals surface area contributed by atoms with E-state index in [-0.39, 0.29) is 28.2 Å². The molecule has 0 saturated heterocycles. The van der Waals surface area contributed by atoms with Crippen LogP contribution in [0.4, 0.5) is 30.5 Å². The summed E-state index contributed by atoms with van der Waals surface area (Å²) in [7, 11) is 1.26. The van der Waals surface area contributed by atoms with Gasteiger partial charge in [-0.3, -0.25) is 0 Å². The SMILES string of the molecule is COC(=O)c1ccc(Oc2ncnc(Nc3ncc(C(F)(F)F)cc3Cl)c2N)cc1. The molecule has 3 aromatic rings. The minimum Gasteiger partial charge on any atom is -0.465 e. The first-order valence-corrected chi connectivity index (χ1v) is 8.53. The number of aromatic nitrogens is 3. The first-order valence-electron chi connectivity index (χ1n) is 8.15. The second kappa shape index (κ2) is 8.41. The molecule has 0 aliphatic heterocycles. The zero-order valence-electron chi connectivity index (χ0n) is 15.2. The van der Waals surface area contributed by atoms with E-state index in [1.54, 1.807) is 0 Å². The molecule has 30 heavy (non-hydrogen) atoms. The molecule has 8 nitrogen and oxygen atoms in total. The number of methoxy groups -OCH3 is 1. The van der Waals surface area contributed by atoms with Gasteiger partial charge in [-0.1, -0.05) is 11.6 Å². The van der Waals surface area contributed by atoms with Crippen molar-refractivity contribution in [3.63, 3.8) is 0 Å². The number of benzene rings is 1. The average Bonchev–Trinajstić information content (AvgIpc) is 2.71. The van der Waals surface area contributed by atoms with Crippen molar-refractivity contribution < 1.29 is 27.4 Å². The Morgan fingerprint density at radius 1 is 1.13 bits per heavy atom. The molecule has 0 aliphatic rings. The van der Waals surface area contributed by atoms with Crippen LogP contribution in [-0.4, -0.2) is 28.0 Å². The average molecular weight is 440 g/mol. The monoisotopic (exact) mass is 439 g/mol. The summed E-state index contributed by atoms with van der Waals surface area (Å²) >= 11 is 5.88. The quantitative estimate of drug-likeness (QED) is 0.561. The van der Waals surface area contributed by atoms with Gasteiger partial charge in [0, 0.05) is 6.20 Å². The third-order valence-corrected chi connectivity index (χ3v) is 4.03. The summed E-state index contributed by atoms with van der Waals surface area (Å²) < 4.78 is 48.4. The molecule has 1 aromatic carbocycles. The van der Waals surface area contributed by atoms with Crippen LogP contribution in [0.2, 0.25) is 5.02 Å². The molecule has 0 saturated carbocycles. The van der Waals surface area contributed by atoms with Crippen molar-refractivity contribution in [2.24, 2.45) is 0 Å². The van der Waals surface area contributed by atoms with Crippen molar-refractivity contribution in [3.05, 3.63) is 59.0 Å². The molecule has 2 heterocycles. The van der Waals surface area contributed by atoms with E-state index in [2.05, 4.69) is 25.0 Å². The molecule has 0 radical (unpaired) electrons. The van der Waals surface area contributed by atoms with Crippen molar-refractivity contribution in [1.29, 1.82) is 0 Å². The van der Waals surface area contributed by atoms with Gasteiger partial charge in [-0.2, -0.15) is 18.2 Å². The number of pyridine rings is 1. The molecule has 0 spiro atoms. The van der Waals surface area contributed by atoms with Gasteiger partial charge in [-0.25, -0.2) is 14.8 Å². The number of nitrogens with one attached hydrogen (secondary N) is 1. The predicted octanol–water partition coefficient (Wildman–Crippen LogP) is 4.45. The number of nitrogens with zero attached hydrogens (tertiary/aromatic N) is 3. The zero-order chi connectivity index (χ0) is 21.9. The molecule has 3 rings (SSSR count). The van der Waals surface area contributed by atoms with Crippen LogP contribution >= 0.6 is 11.6 Å². The maximum absolute atomic E-state index is 12.7. The van der Waals surface area contributed by atoms with Gasteiger partial charge in [0.05, 0.1) is 23.3 Å². The largest absolute Gasteiger partial charge is 0.465 e. The molecule has 0 bridgehead atoms. The van der Waals surface area contributed by atoms with Crippen molar-refractivity contribution in [1.82, 2.24) is 15.0 Å². The summed E-state index contributed by atoms with van der Waals surface area (Å²) in [5.74, 6) is -0.259. The van der Waals surface area contributed by atoms with Gasteiger partial charge >= 0.3 is 12.1 Å². The zero-order valence-corrected chi connectivity index (χ0v) is 16.0. The van der Waals surface area contributed by atoms with E-state index in [1.807, 2.05) is 0 Å². The summed E-state index contributed by atoms with van der Waals surface area (Å²) in [5, 5.41) is 2.37. The van der Waals surface area contributed by atoms with Gasteiger partial charge in [-0.05, 0) is 30.3 Å². The number of anilines is 3. The first kappa shape index (κ1) is 21.1. The fraction of sp³-hybridized carbons (Fsp3) is 0.111. The lowest BCUT2D eigenvalue weighted by molar-refractivity contribution is -0.137. The van der Waals surface area contributed by atoms with Crippen LogP contribution < -0.4 is 15.8 Å². The van der Waals surface area contributed by atoms with Gasteiger partial charge in [0.1, 0.15) is 23.6 Å². The lowest BCUT2D eigenvalue weighted by atomic mass is 10.2. The molecule has 0 aliphatic carbocycles. The van der Waals surface area contributed by atoms with Crippen LogP contribution in [0.1, 0.15) is 15.9 Å². The number of hydrogen-bond acceptors (Lipinski definition) is 8. The molecule has 0 atom stereocenters. The number of carbonyl (C=O) groups excluding carboxylic acids is 1. The van der Waals surface area contributed by atoms with E-state index in [0.29, 0.717) is 17.5 Å². The van der Waals surface area contributed by atoms with Gasteiger partial charge in [-0.15, -0.1) is 0 Å². The number of nitrogens with two attached hydrogens (primary N) is 1. The predicted molar refractivity (Wildman–Crippen MR) is 102 cm³/mol. The van der Waals surface area contributed by atoms with E-state index in [1.165, 1.54) is 31.4 Å². The smallest absolute Gasteiger partial charge is 0.417 e. The Bertz CT molecular complexity index is 1080. The molecule has 2 aromatic heterocycles. The first-order chi connectivity index (χ1) is 14.2. The van der Waals surface area contributed by atoms with Crippen LogP contribution in [0.5, 0.6) is 11.6 Å². The third-order valence-electron chi connectivity index (χ3n) is 3.74. The molecular formula is C18H13ClF3N5O3. The molecule has 12 heteroatoms. The molecule has 3 N–H and O–H groups in total. The van der Waals surface area contributed by atoms with Crippen molar-refractivity contribution in [2.45, 2.75) is 6.18 Å². The molecular weight excluding hydrogens is 427 g/mol. The summed E-state index contributed by atoms with van der Waals surface area (Å²) in [6.07, 6.45) is -2.81. The lowest BCUT2D eigenvalue weighted by Crippen LogP contribution is -2.08. The Hall–Kier alpha value is -3.60. The van der Waals surface area contributed by atoms with Crippen LogP contribution in [0.3, 0.4) is 0 Å². The van der Waals surface area contributed by atoms with E-state index in [4.69, 9.17) is 22.1 Å². The number of esters is 1. The topological polar surface area (TPSA) is 112 Å². The second-order valence-electron chi connectivity index (χ2n) is 5.74. The maximum Gasteiger partial charge on any atom is 0.417 e. The van der Waals surface area contributed by atoms with Crippen LogP contribution in [0, 0.1) is 0 Å². The normalized spacial score (nSPS) is 11.1. The number of carbonyl (C=O) groups is 1. The van der Waals surface area contributed by atoms with Gasteiger partial charge in [0.15, 0.2) is 5.82 Å². The highest BCUT2D eigenvalue weighted by Gasteiger charge is 2.31. The Labute approximate surface area is 172 Å². The molecule has 0 fully saturated rings. The molecule has 156 valence electrons. The number of halogens is 4. The van der Waals surface area contributed by atoms with Crippen molar-refractivity contribution in [3.8, 4) is 11.6 Å². The highest BCUT2D eigenvalue weighted by atomic mass is 35.5.